The number of hydrogen-bond acceptors (Lipinski definition) is 3. The molecule has 2 heterocycles. The third kappa shape index (κ3) is 3.04. The van der Waals surface area contributed by atoms with E-state index in [4.69, 9.17) is 4.74 Å². The maximum Gasteiger partial charge on any atom is 0.222 e. The maximum absolute atomic E-state index is 12.2. The van der Waals surface area contributed by atoms with Crippen LogP contribution in [0.2, 0.25) is 0 Å². The highest BCUT2D eigenvalue weighted by Crippen LogP contribution is 2.25. The van der Waals surface area contributed by atoms with E-state index in [1.54, 1.807) is 0 Å². The van der Waals surface area contributed by atoms with Crippen molar-refractivity contribution in [3.8, 4) is 0 Å². The van der Waals surface area contributed by atoms with Gasteiger partial charge in [-0.25, -0.2) is 0 Å². The molecule has 0 spiro atoms. The minimum absolute atomic E-state index is 0.109. The molecule has 0 aromatic rings. The van der Waals surface area contributed by atoms with E-state index in [9.17, 15) is 4.79 Å². The number of hydrogen-bond donors (Lipinski definition) is 2. The highest BCUT2D eigenvalue weighted by molar-refractivity contribution is 5.77. The summed E-state index contributed by atoms with van der Waals surface area (Å²) in [5.74, 6) is 0.746. The highest BCUT2D eigenvalue weighted by atomic mass is 16.5. The van der Waals surface area contributed by atoms with Crippen LogP contribution in [0.25, 0.3) is 0 Å². The SMILES string of the molecule is CC1CCCNC1CC(=O)NC1(C)CCOC1C. The van der Waals surface area contributed by atoms with Crippen molar-refractivity contribution in [2.45, 2.75) is 64.1 Å². The number of ether oxygens (including phenoxy) is 1. The Morgan fingerprint density at radius 1 is 1.50 bits per heavy atom. The molecule has 2 fully saturated rings. The Kier molecular flexibility index (Phi) is 4.28. The topological polar surface area (TPSA) is 50.4 Å². The summed E-state index contributed by atoms with van der Waals surface area (Å²) >= 11 is 0. The third-order valence-corrected chi connectivity index (χ3v) is 4.65. The third-order valence-electron chi connectivity index (χ3n) is 4.65. The summed E-state index contributed by atoms with van der Waals surface area (Å²) in [5.41, 5.74) is -0.186. The fourth-order valence-electron chi connectivity index (χ4n) is 2.96. The second kappa shape index (κ2) is 5.57. The van der Waals surface area contributed by atoms with Gasteiger partial charge >= 0.3 is 0 Å². The van der Waals surface area contributed by atoms with Crippen LogP contribution in [-0.2, 0) is 9.53 Å². The lowest BCUT2D eigenvalue weighted by atomic mass is 9.89. The Labute approximate surface area is 110 Å². The summed E-state index contributed by atoms with van der Waals surface area (Å²) in [5, 5.41) is 6.63. The molecule has 4 nitrogen and oxygen atoms in total. The van der Waals surface area contributed by atoms with Crippen molar-refractivity contribution in [2.24, 2.45) is 5.92 Å². The Morgan fingerprint density at radius 2 is 2.28 bits per heavy atom. The van der Waals surface area contributed by atoms with Crippen molar-refractivity contribution in [1.29, 1.82) is 0 Å². The van der Waals surface area contributed by atoms with E-state index in [0.717, 1.165) is 19.6 Å². The zero-order valence-corrected chi connectivity index (χ0v) is 11.8. The fourth-order valence-corrected chi connectivity index (χ4v) is 2.96. The van der Waals surface area contributed by atoms with E-state index in [-0.39, 0.29) is 17.6 Å². The molecule has 0 aromatic carbocycles. The first-order chi connectivity index (χ1) is 8.51. The van der Waals surface area contributed by atoms with Gasteiger partial charge in [0.2, 0.25) is 5.91 Å². The van der Waals surface area contributed by atoms with E-state index >= 15 is 0 Å². The molecule has 18 heavy (non-hydrogen) atoms. The largest absolute Gasteiger partial charge is 0.376 e. The summed E-state index contributed by atoms with van der Waals surface area (Å²) in [7, 11) is 0. The van der Waals surface area contributed by atoms with Gasteiger partial charge in [0.25, 0.3) is 0 Å². The van der Waals surface area contributed by atoms with E-state index in [0.29, 0.717) is 18.4 Å². The molecule has 2 aliphatic heterocycles. The van der Waals surface area contributed by atoms with Crippen LogP contribution in [-0.4, -0.2) is 36.7 Å². The fraction of sp³-hybridized carbons (Fsp3) is 0.929. The minimum atomic E-state index is -0.186. The molecule has 104 valence electrons. The van der Waals surface area contributed by atoms with Crippen molar-refractivity contribution in [2.75, 3.05) is 13.2 Å². The number of piperidine rings is 1. The summed E-state index contributed by atoms with van der Waals surface area (Å²) in [6, 6.07) is 0.333. The van der Waals surface area contributed by atoms with Gasteiger partial charge < -0.3 is 15.4 Å². The van der Waals surface area contributed by atoms with E-state index < -0.39 is 0 Å². The van der Waals surface area contributed by atoms with Crippen LogP contribution in [0.5, 0.6) is 0 Å². The highest BCUT2D eigenvalue weighted by Gasteiger charge is 2.38. The van der Waals surface area contributed by atoms with Crippen LogP contribution in [0, 0.1) is 5.92 Å². The molecule has 2 N–H and O–H groups in total. The van der Waals surface area contributed by atoms with E-state index in [1.165, 1.54) is 12.8 Å². The predicted octanol–water partition coefficient (Wildman–Crippen LogP) is 1.45. The van der Waals surface area contributed by atoms with Crippen LogP contribution >= 0.6 is 0 Å². The Balaban J connectivity index is 1.84. The lowest BCUT2D eigenvalue weighted by Crippen LogP contribution is -2.53. The maximum atomic E-state index is 12.2. The lowest BCUT2D eigenvalue weighted by molar-refractivity contribution is -0.124. The molecule has 2 rings (SSSR count). The zero-order valence-electron chi connectivity index (χ0n) is 11.8. The Bertz CT molecular complexity index is 308. The average Bonchev–Trinajstić information content (AvgIpc) is 2.62. The van der Waals surface area contributed by atoms with Crippen LogP contribution < -0.4 is 10.6 Å². The Morgan fingerprint density at radius 3 is 2.89 bits per heavy atom. The smallest absolute Gasteiger partial charge is 0.222 e. The normalized spacial score (nSPS) is 40.7. The molecule has 2 saturated heterocycles. The monoisotopic (exact) mass is 254 g/mol. The molecular weight excluding hydrogens is 228 g/mol. The zero-order chi connectivity index (χ0) is 13.2. The lowest BCUT2D eigenvalue weighted by Gasteiger charge is -2.33. The first kappa shape index (κ1) is 13.8. The standard InChI is InChI=1S/C14H26N2O2/c1-10-5-4-7-15-12(10)9-13(17)16-14(3)6-8-18-11(14)2/h10-12,15H,4-9H2,1-3H3,(H,16,17). The van der Waals surface area contributed by atoms with Crippen molar-refractivity contribution in [3.63, 3.8) is 0 Å². The van der Waals surface area contributed by atoms with Gasteiger partial charge in [-0.1, -0.05) is 6.92 Å². The molecule has 4 unspecified atom stereocenters. The summed E-state index contributed by atoms with van der Waals surface area (Å²) in [4.78, 5) is 12.2. The van der Waals surface area contributed by atoms with Gasteiger partial charge in [0.15, 0.2) is 0 Å². The molecule has 2 aliphatic rings. The first-order valence-corrected chi connectivity index (χ1v) is 7.17. The number of rotatable bonds is 3. The van der Waals surface area contributed by atoms with Crippen LogP contribution in [0.3, 0.4) is 0 Å². The van der Waals surface area contributed by atoms with E-state index in [1.807, 2.05) is 6.92 Å². The number of amides is 1. The van der Waals surface area contributed by atoms with Gasteiger partial charge in [-0.2, -0.15) is 0 Å². The van der Waals surface area contributed by atoms with Crippen LogP contribution in [0.15, 0.2) is 0 Å². The molecule has 0 aliphatic carbocycles. The number of carbonyl (C=O) groups excluding carboxylic acids is 1. The minimum Gasteiger partial charge on any atom is -0.376 e. The van der Waals surface area contributed by atoms with Gasteiger partial charge in [-0.05, 0) is 45.6 Å². The van der Waals surface area contributed by atoms with Crippen LogP contribution in [0.1, 0.15) is 46.5 Å². The Hall–Kier alpha value is -0.610. The van der Waals surface area contributed by atoms with E-state index in [2.05, 4.69) is 24.5 Å². The average molecular weight is 254 g/mol. The van der Waals surface area contributed by atoms with Gasteiger partial charge in [0.1, 0.15) is 0 Å². The summed E-state index contributed by atoms with van der Waals surface area (Å²) < 4.78 is 5.55. The predicted molar refractivity (Wildman–Crippen MR) is 71.4 cm³/mol. The van der Waals surface area contributed by atoms with Gasteiger partial charge in [-0.15, -0.1) is 0 Å². The number of carbonyl (C=O) groups is 1. The van der Waals surface area contributed by atoms with Crippen molar-refractivity contribution in [3.05, 3.63) is 0 Å². The molecule has 4 heteroatoms. The van der Waals surface area contributed by atoms with Gasteiger partial charge in [0.05, 0.1) is 11.6 Å². The molecule has 1 amide bonds. The second-order valence-electron chi connectivity index (χ2n) is 6.11. The van der Waals surface area contributed by atoms with Crippen molar-refractivity contribution >= 4 is 5.91 Å². The molecule has 4 atom stereocenters. The molecular formula is C14H26N2O2. The first-order valence-electron chi connectivity index (χ1n) is 7.17. The molecule has 0 radical (unpaired) electrons. The quantitative estimate of drug-likeness (QED) is 0.801. The van der Waals surface area contributed by atoms with Gasteiger partial charge in [-0.3, -0.25) is 4.79 Å². The molecule has 0 saturated carbocycles. The second-order valence-corrected chi connectivity index (χ2v) is 6.11. The summed E-state index contributed by atoms with van der Waals surface area (Å²) in [6.07, 6.45) is 4.05. The van der Waals surface area contributed by atoms with Crippen LogP contribution in [0.4, 0.5) is 0 Å². The van der Waals surface area contributed by atoms with Gasteiger partial charge in [0, 0.05) is 19.1 Å². The van der Waals surface area contributed by atoms with Crippen molar-refractivity contribution in [1.82, 2.24) is 10.6 Å². The summed E-state index contributed by atoms with van der Waals surface area (Å²) in [6.45, 7) is 8.14. The van der Waals surface area contributed by atoms with Crippen molar-refractivity contribution < 1.29 is 9.53 Å². The number of nitrogens with one attached hydrogen (secondary N) is 2. The molecule has 0 aromatic heterocycles. The molecule has 0 bridgehead atoms.